The summed E-state index contributed by atoms with van der Waals surface area (Å²) in [6.07, 6.45) is -0.694. The second-order valence-electron chi connectivity index (χ2n) is 6.99. The van der Waals surface area contributed by atoms with E-state index in [1.54, 1.807) is 12.1 Å². The van der Waals surface area contributed by atoms with Gasteiger partial charge in [-0.2, -0.15) is 18.4 Å². The quantitative estimate of drug-likeness (QED) is 0.386. The summed E-state index contributed by atoms with van der Waals surface area (Å²) in [6.45, 7) is -0.557. The Morgan fingerprint density at radius 3 is 2.39 bits per heavy atom. The van der Waals surface area contributed by atoms with Gasteiger partial charge in [-0.1, -0.05) is 6.07 Å². The maximum atomic E-state index is 14.2. The molecule has 4 rings (SSSR count). The molecule has 1 aromatic carbocycles. The van der Waals surface area contributed by atoms with Gasteiger partial charge in [-0.05, 0) is 35.9 Å². The summed E-state index contributed by atoms with van der Waals surface area (Å²) >= 11 is 0. The third kappa shape index (κ3) is 4.25. The molecular weight excluding hydrogens is 445 g/mol. The van der Waals surface area contributed by atoms with E-state index in [1.807, 2.05) is 0 Å². The molecule has 10 heteroatoms. The molecule has 33 heavy (non-hydrogen) atoms. The number of aromatic nitrogens is 2. The van der Waals surface area contributed by atoms with Gasteiger partial charge in [0.15, 0.2) is 5.76 Å². The van der Waals surface area contributed by atoms with Gasteiger partial charge in [0.25, 0.3) is 5.56 Å². The molecule has 3 heterocycles. The average molecular weight is 457 g/mol. The van der Waals surface area contributed by atoms with Crippen LogP contribution in [0.5, 0.6) is 0 Å². The highest BCUT2D eigenvalue weighted by atomic mass is 19.4. The fourth-order valence-corrected chi connectivity index (χ4v) is 3.33. The number of nitrogens with zero attached hydrogens (tertiary/aromatic N) is 3. The van der Waals surface area contributed by atoms with Gasteiger partial charge in [-0.25, -0.2) is 8.78 Å². The van der Waals surface area contributed by atoms with E-state index in [0.29, 0.717) is 23.3 Å². The Labute approximate surface area is 183 Å². The molecule has 0 saturated carbocycles. The van der Waals surface area contributed by atoms with Crippen LogP contribution in [0.25, 0.3) is 22.6 Å². The van der Waals surface area contributed by atoms with Gasteiger partial charge in [-0.3, -0.25) is 14.3 Å². The lowest BCUT2D eigenvalue weighted by atomic mass is 10.1. The maximum Gasteiger partial charge on any atom is 0.417 e. The van der Waals surface area contributed by atoms with Crippen LogP contribution in [-0.4, -0.2) is 9.55 Å². The van der Waals surface area contributed by atoms with E-state index in [2.05, 4.69) is 4.98 Å². The van der Waals surface area contributed by atoms with Crippen LogP contribution in [0.15, 0.2) is 70.3 Å². The molecular formula is C23H12F5N3O2. The summed E-state index contributed by atoms with van der Waals surface area (Å²) in [6, 6.07) is 9.20. The molecule has 0 N–H and O–H groups in total. The zero-order valence-electron chi connectivity index (χ0n) is 16.5. The highest BCUT2D eigenvalue weighted by Crippen LogP contribution is 2.35. The van der Waals surface area contributed by atoms with Gasteiger partial charge in [0.05, 0.1) is 24.1 Å². The first-order valence-electron chi connectivity index (χ1n) is 9.37. The molecule has 3 aromatic heterocycles. The van der Waals surface area contributed by atoms with E-state index in [-0.39, 0.29) is 17.0 Å². The monoisotopic (exact) mass is 457 g/mol. The summed E-state index contributed by atoms with van der Waals surface area (Å²) in [7, 11) is 0. The van der Waals surface area contributed by atoms with Crippen molar-refractivity contribution < 1.29 is 26.4 Å². The predicted octanol–water partition coefficient (Wildman–Crippen LogP) is 5.39. The van der Waals surface area contributed by atoms with Crippen molar-refractivity contribution in [3.05, 3.63) is 99.8 Å². The lowest BCUT2D eigenvalue weighted by Gasteiger charge is -2.16. The van der Waals surface area contributed by atoms with Crippen LogP contribution < -0.4 is 5.56 Å². The number of pyridine rings is 2. The Hall–Kier alpha value is -4.26. The number of furan rings is 1. The zero-order chi connectivity index (χ0) is 23.8. The smallest absolute Gasteiger partial charge is 0.417 e. The molecule has 0 fully saturated rings. The van der Waals surface area contributed by atoms with Crippen molar-refractivity contribution in [3.8, 4) is 28.7 Å². The van der Waals surface area contributed by atoms with Crippen LogP contribution in [0.2, 0.25) is 0 Å². The molecule has 0 amide bonds. The number of hydrogen-bond acceptors (Lipinski definition) is 4. The van der Waals surface area contributed by atoms with Gasteiger partial charge >= 0.3 is 6.18 Å². The number of nitriles is 1. The lowest BCUT2D eigenvalue weighted by Crippen LogP contribution is -2.29. The minimum atomic E-state index is -5.00. The minimum Gasteiger partial charge on any atom is -0.462 e. The summed E-state index contributed by atoms with van der Waals surface area (Å²) in [5, 5.41) is 9.24. The van der Waals surface area contributed by atoms with Crippen molar-refractivity contribution in [2.24, 2.45) is 0 Å². The van der Waals surface area contributed by atoms with Gasteiger partial charge in [-0.15, -0.1) is 0 Å². The Morgan fingerprint density at radius 2 is 1.76 bits per heavy atom. The summed E-state index contributed by atoms with van der Waals surface area (Å²) in [5.74, 6) is -1.97. The molecule has 166 valence electrons. The van der Waals surface area contributed by atoms with Crippen LogP contribution in [0, 0.1) is 23.0 Å². The largest absolute Gasteiger partial charge is 0.462 e. The molecule has 0 aliphatic rings. The first-order valence-corrected chi connectivity index (χ1v) is 9.37. The van der Waals surface area contributed by atoms with Gasteiger partial charge in [0.2, 0.25) is 0 Å². The highest BCUT2D eigenvalue weighted by Gasteiger charge is 2.37. The lowest BCUT2D eigenvalue weighted by molar-refractivity contribution is -0.137. The molecule has 0 spiro atoms. The molecule has 4 aromatic rings. The molecule has 0 atom stereocenters. The Kier molecular flexibility index (Phi) is 5.55. The molecule has 5 nitrogen and oxygen atoms in total. The Bertz CT molecular complexity index is 1430. The van der Waals surface area contributed by atoms with Gasteiger partial charge in [0.1, 0.15) is 23.3 Å². The second-order valence-corrected chi connectivity index (χ2v) is 6.99. The maximum absolute atomic E-state index is 14.2. The molecule has 0 radical (unpaired) electrons. The predicted molar refractivity (Wildman–Crippen MR) is 107 cm³/mol. The number of hydrogen-bond donors (Lipinski definition) is 0. The van der Waals surface area contributed by atoms with Gasteiger partial charge < -0.3 is 4.42 Å². The fourth-order valence-electron chi connectivity index (χ4n) is 3.33. The number of rotatable bonds is 4. The molecule has 0 aliphatic heterocycles. The van der Waals surface area contributed by atoms with Crippen LogP contribution in [0.4, 0.5) is 22.0 Å². The summed E-state index contributed by atoms with van der Waals surface area (Å²) in [4.78, 5) is 16.8. The standard InChI is InChI=1S/C23H12F5N3O2/c24-16-2-1-14(19(25)8-16)11-31-20(9-18(23(26,27)28)17(10-29)22(31)32)21-7-15(12-33-21)13-3-5-30-6-4-13/h1-9,12H,11H2. The third-order valence-corrected chi connectivity index (χ3v) is 4.93. The topological polar surface area (TPSA) is 71.8 Å². The Balaban J connectivity index is 1.94. The first-order chi connectivity index (χ1) is 15.7. The van der Waals surface area contributed by atoms with Crippen LogP contribution in [0.1, 0.15) is 16.7 Å². The molecule has 0 unspecified atom stereocenters. The van der Waals surface area contributed by atoms with Crippen molar-refractivity contribution in [2.45, 2.75) is 12.7 Å². The summed E-state index contributed by atoms with van der Waals surface area (Å²) in [5.41, 5.74) is -3.20. The number of halogens is 5. The van der Waals surface area contributed by atoms with Crippen molar-refractivity contribution in [2.75, 3.05) is 0 Å². The van der Waals surface area contributed by atoms with E-state index in [4.69, 9.17) is 4.42 Å². The first kappa shape index (κ1) is 22.0. The van der Waals surface area contributed by atoms with Crippen molar-refractivity contribution in [1.29, 1.82) is 5.26 Å². The van der Waals surface area contributed by atoms with Crippen LogP contribution >= 0.6 is 0 Å². The van der Waals surface area contributed by atoms with E-state index in [9.17, 15) is 32.0 Å². The number of benzene rings is 1. The Morgan fingerprint density at radius 1 is 1.03 bits per heavy atom. The average Bonchev–Trinajstić information content (AvgIpc) is 3.26. The fraction of sp³-hybridized carbons (Fsp3) is 0.0870. The minimum absolute atomic E-state index is 0.114. The van der Waals surface area contributed by atoms with Crippen LogP contribution in [0.3, 0.4) is 0 Å². The number of alkyl halides is 3. The third-order valence-electron chi connectivity index (χ3n) is 4.93. The molecule has 0 aliphatic carbocycles. The van der Waals surface area contributed by atoms with Crippen molar-refractivity contribution >= 4 is 0 Å². The SMILES string of the molecule is N#Cc1c(C(F)(F)F)cc(-c2cc(-c3ccncc3)co2)n(Cc2ccc(F)cc2F)c1=O. The normalized spacial score (nSPS) is 11.4. The van der Waals surface area contributed by atoms with Crippen molar-refractivity contribution in [1.82, 2.24) is 9.55 Å². The summed E-state index contributed by atoms with van der Waals surface area (Å²) < 4.78 is 74.6. The molecule has 0 saturated heterocycles. The zero-order valence-corrected chi connectivity index (χ0v) is 16.5. The van der Waals surface area contributed by atoms with E-state index in [1.165, 1.54) is 30.8 Å². The second kappa shape index (κ2) is 8.35. The van der Waals surface area contributed by atoms with E-state index >= 15 is 0 Å². The van der Waals surface area contributed by atoms with E-state index < -0.39 is 41.0 Å². The van der Waals surface area contributed by atoms with Crippen molar-refractivity contribution in [3.63, 3.8) is 0 Å². The van der Waals surface area contributed by atoms with E-state index in [0.717, 1.165) is 16.7 Å². The van der Waals surface area contributed by atoms with Crippen LogP contribution in [-0.2, 0) is 12.7 Å². The highest BCUT2D eigenvalue weighted by molar-refractivity contribution is 5.69. The molecule has 0 bridgehead atoms. The van der Waals surface area contributed by atoms with Gasteiger partial charge in [0, 0.05) is 29.6 Å².